The van der Waals surface area contributed by atoms with E-state index >= 15 is 0 Å². The number of aromatic nitrogens is 3. The summed E-state index contributed by atoms with van der Waals surface area (Å²) in [4.78, 5) is 15.2. The lowest BCUT2D eigenvalue weighted by atomic mass is 10.2. The van der Waals surface area contributed by atoms with Crippen LogP contribution in [-0.2, 0) is 4.79 Å². The maximum atomic E-state index is 10.9. The molecule has 0 saturated heterocycles. The minimum atomic E-state index is 0.0777. The molecule has 2 rings (SSSR count). The molecule has 0 aromatic carbocycles. The molecule has 0 amide bonds. The molecular formula is C12H13N5O. The Labute approximate surface area is 104 Å². The average molecular weight is 243 g/mol. The number of hydrazone groups is 1. The molecule has 0 atom stereocenters. The van der Waals surface area contributed by atoms with Gasteiger partial charge in [-0.25, -0.2) is 0 Å². The van der Waals surface area contributed by atoms with Crippen LogP contribution in [0.25, 0.3) is 11.0 Å². The van der Waals surface area contributed by atoms with Crippen molar-refractivity contribution in [2.45, 2.75) is 20.3 Å². The molecule has 2 heterocycles. The summed E-state index contributed by atoms with van der Waals surface area (Å²) in [7, 11) is 0. The number of hydrogen-bond donors (Lipinski definition) is 1. The maximum Gasteiger partial charge on any atom is 0.135 e. The van der Waals surface area contributed by atoms with E-state index in [0.717, 1.165) is 0 Å². The monoisotopic (exact) mass is 243 g/mol. The highest BCUT2D eigenvalue weighted by molar-refractivity contribution is 6.00. The van der Waals surface area contributed by atoms with E-state index < -0.39 is 0 Å². The minimum absolute atomic E-state index is 0.0777. The van der Waals surface area contributed by atoms with Crippen LogP contribution in [-0.4, -0.2) is 26.7 Å². The van der Waals surface area contributed by atoms with Crippen LogP contribution in [0.5, 0.6) is 0 Å². The van der Waals surface area contributed by atoms with Crippen LogP contribution in [0.15, 0.2) is 29.6 Å². The Morgan fingerprint density at radius 2 is 2.28 bits per heavy atom. The first-order chi connectivity index (χ1) is 8.66. The fourth-order valence-corrected chi connectivity index (χ4v) is 1.53. The molecule has 0 fully saturated rings. The summed E-state index contributed by atoms with van der Waals surface area (Å²) in [5.41, 5.74) is 5.64. The highest BCUT2D eigenvalue weighted by atomic mass is 16.1. The highest BCUT2D eigenvalue weighted by Crippen LogP contribution is 2.16. The zero-order valence-electron chi connectivity index (χ0n) is 10.2. The average Bonchev–Trinajstić information content (AvgIpc) is 2.35. The van der Waals surface area contributed by atoms with E-state index in [0.29, 0.717) is 28.9 Å². The molecule has 6 heteroatoms. The Kier molecular flexibility index (Phi) is 3.57. The number of carbonyl (C=O) groups is 1. The maximum absolute atomic E-state index is 10.9. The zero-order valence-corrected chi connectivity index (χ0v) is 10.2. The summed E-state index contributed by atoms with van der Waals surface area (Å²) in [5, 5.41) is 11.9. The molecule has 0 saturated carbocycles. The molecule has 18 heavy (non-hydrogen) atoms. The van der Waals surface area contributed by atoms with Crippen molar-refractivity contribution in [2.24, 2.45) is 5.10 Å². The summed E-state index contributed by atoms with van der Waals surface area (Å²) in [5.74, 6) is 0.0777. The first-order valence-corrected chi connectivity index (χ1v) is 5.52. The second-order valence-corrected chi connectivity index (χ2v) is 3.97. The van der Waals surface area contributed by atoms with Crippen molar-refractivity contribution < 1.29 is 4.79 Å². The highest BCUT2D eigenvalue weighted by Gasteiger charge is 2.03. The molecule has 0 radical (unpaired) electrons. The van der Waals surface area contributed by atoms with E-state index in [-0.39, 0.29) is 5.78 Å². The van der Waals surface area contributed by atoms with Gasteiger partial charge in [0.2, 0.25) is 0 Å². The van der Waals surface area contributed by atoms with Gasteiger partial charge in [0.1, 0.15) is 22.5 Å². The molecule has 2 aromatic heterocycles. The quantitative estimate of drug-likeness (QED) is 0.654. The number of hydrogen-bond acceptors (Lipinski definition) is 6. The van der Waals surface area contributed by atoms with Gasteiger partial charge in [-0.2, -0.15) is 10.2 Å². The number of nitrogens with one attached hydrogen (secondary N) is 1. The van der Waals surface area contributed by atoms with Gasteiger partial charge in [-0.15, -0.1) is 5.10 Å². The Hall–Kier alpha value is -2.37. The van der Waals surface area contributed by atoms with Crippen LogP contribution in [0.3, 0.4) is 0 Å². The SMILES string of the molecule is CC(=O)CC(C)=NNc1cnnc2cccnc12. The van der Waals surface area contributed by atoms with Crippen molar-refractivity contribution in [1.82, 2.24) is 15.2 Å². The van der Waals surface area contributed by atoms with Gasteiger partial charge in [-0.05, 0) is 26.0 Å². The molecule has 1 N–H and O–H groups in total. The molecule has 6 nitrogen and oxygen atoms in total. The lowest BCUT2D eigenvalue weighted by molar-refractivity contribution is -0.115. The normalized spacial score (nSPS) is 11.6. The molecule has 92 valence electrons. The Morgan fingerprint density at radius 1 is 1.44 bits per heavy atom. The fraction of sp³-hybridized carbons (Fsp3) is 0.250. The van der Waals surface area contributed by atoms with Crippen molar-refractivity contribution in [3.05, 3.63) is 24.5 Å². The van der Waals surface area contributed by atoms with Crippen LogP contribution < -0.4 is 5.43 Å². The minimum Gasteiger partial charge on any atom is -0.300 e. The summed E-state index contributed by atoms with van der Waals surface area (Å²) in [6.07, 6.45) is 3.57. The van der Waals surface area contributed by atoms with E-state index in [1.165, 1.54) is 6.92 Å². The second-order valence-electron chi connectivity index (χ2n) is 3.97. The third kappa shape index (κ3) is 2.85. The predicted molar refractivity (Wildman–Crippen MR) is 69.4 cm³/mol. The first-order valence-electron chi connectivity index (χ1n) is 5.52. The van der Waals surface area contributed by atoms with Gasteiger partial charge in [0.25, 0.3) is 0 Å². The summed E-state index contributed by atoms with van der Waals surface area (Å²) < 4.78 is 0. The lowest BCUT2D eigenvalue weighted by Gasteiger charge is -2.04. The van der Waals surface area contributed by atoms with Crippen LogP contribution in [0.2, 0.25) is 0 Å². The number of Topliss-reactive ketones (excluding diaryl/α,β-unsaturated/α-hetero) is 1. The van der Waals surface area contributed by atoms with Gasteiger partial charge in [0.15, 0.2) is 0 Å². The molecule has 0 aliphatic carbocycles. The molecule has 2 aromatic rings. The van der Waals surface area contributed by atoms with Gasteiger partial charge in [0.05, 0.1) is 6.20 Å². The van der Waals surface area contributed by atoms with Crippen molar-refractivity contribution in [3.63, 3.8) is 0 Å². The molecule has 0 aliphatic rings. The number of carbonyl (C=O) groups excluding carboxylic acids is 1. The van der Waals surface area contributed by atoms with Gasteiger partial charge >= 0.3 is 0 Å². The number of nitrogens with zero attached hydrogens (tertiary/aromatic N) is 4. The standard InChI is InChI=1S/C12H13N5O/c1-8(6-9(2)18)15-17-11-7-14-16-10-4-3-5-13-12(10)11/h3-5,7H,6H2,1-2H3,(H,16,17). The van der Waals surface area contributed by atoms with Crippen molar-refractivity contribution in [2.75, 3.05) is 5.43 Å². The van der Waals surface area contributed by atoms with Crippen molar-refractivity contribution in [1.29, 1.82) is 0 Å². The second kappa shape index (κ2) is 5.31. The van der Waals surface area contributed by atoms with E-state index in [9.17, 15) is 4.79 Å². The van der Waals surface area contributed by atoms with Gasteiger partial charge in [0, 0.05) is 18.3 Å². The topological polar surface area (TPSA) is 80.1 Å². The van der Waals surface area contributed by atoms with E-state index in [1.54, 1.807) is 25.4 Å². The van der Waals surface area contributed by atoms with Crippen LogP contribution in [0.1, 0.15) is 20.3 Å². The Balaban J connectivity index is 2.24. The Bertz CT molecular complexity index is 603. The number of fused-ring (bicyclic) bond motifs is 1. The molecule has 0 spiro atoms. The van der Waals surface area contributed by atoms with Gasteiger partial charge in [-0.3, -0.25) is 15.2 Å². The number of rotatable bonds is 4. The first kappa shape index (κ1) is 12.1. The largest absolute Gasteiger partial charge is 0.300 e. The van der Waals surface area contributed by atoms with E-state index in [4.69, 9.17) is 0 Å². The van der Waals surface area contributed by atoms with Crippen LogP contribution >= 0.6 is 0 Å². The molecule has 0 bridgehead atoms. The summed E-state index contributed by atoms with van der Waals surface area (Å²) >= 11 is 0. The predicted octanol–water partition coefficient (Wildman–Crippen LogP) is 1.79. The van der Waals surface area contributed by atoms with Crippen molar-refractivity contribution >= 4 is 28.2 Å². The summed E-state index contributed by atoms with van der Waals surface area (Å²) in [6, 6.07) is 3.62. The van der Waals surface area contributed by atoms with Crippen LogP contribution in [0, 0.1) is 0 Å². The molecular weight excluding hydrogens is 230 g/mol. The zero-order chi connectivity index (χ0) is 13.0. The summed E-state index contributed by atoms with van der Waals surface area (Å²) in [6.45, 7) is 3.32. The van der Waals surface area contributed by atoms with E-state index in [1.807, 2.05) is 6.07 Å². The van der Waals surface area contributed by atoms with Gasteiger partial charge in [-0.1, -0.05) is 0 Å². The van der Waals surface area contributed by atoms with Crippen LogP contribution in [0.4, 0.5) is 5.69 Å². The third-order valence-corrected chi connectivity index (χ3v) is 2.27. The smallest absolute Gasteiger partial charge is 0.135 e. The number of ketones is 1. The lowest BCUT2D eigenvalue weighted by Crippen LogP contribution is -2.04. The third-order valence-electron chi connectivity index (χ3n) is 2.27. The number of anilines is 1. The molecule has 0 aliphatic heterocycles. The number of pyridine rings is 1. The fourth-order valence-electron chi connectivity index (χ4n) is 1.53. The van der Waals surface area contributed by atoms with Gasteiger partial charge < -0.3 is 0 Å². The van der Waals surface area contributed by atoms with Crippen molar-refractivity contribution in [3.8, 4) is 0 Å². The Morgan fingerprint density at radius 3 is 3.06 bits per heavy atom. The molecule has 0 unspecified atom stereocenters. The van der Waals surface area contributed by atoms with E-state index in [2.05, 4.69) is 25.7 Å².